The zero-order valence-electron chi connectivity index (χ0n) is 6.84. The number of hydrogen-bond donors (Lipinski definition) is 1. The van der Waals surface area contributed by atoms with Crippen LogP contribution in [0.3, 0.4) is 0 Å². The fraction of sp³-hybridized carbons (Fsp3) is 0.167. The molecule has 0 bridgehead atoms. The number of nitrogens with zero attached hydrogens (tertiary/aromatic N) is 1. The third-order valence-corrected chi connectivity index (χ3v) is 5.87. The van der Waals surface area contributed by atoms with Crippen molar-refractivity contribution < 1.29 is 4.21 Å². The molecule has 0 radical (unpaired) electrons. The van der Waals surface area contributed by atoms with Crippen LogP contribution in [0, 0.1) is 0 Å². The van der Waals surface area contributed by atoms with Gasteiger partial charge in [-0.15, -0.1) is 11.3 Å². The van der Waals surface area contributed by atoms with Gasteiger partial charge in [-0.1, -0.05) is 11.6 Å². The number of halogens is 2. The maximum absolute atomic E-state index is 11.2. The Hall–Kier alpha value is 0.440. The maximum atomic E-state index is 11.2. The normalized spacial score (nSPS) is 16.9. The first-order valence-corrected chi connectivity index (χ1v) is 7.78. The molecule has 8 heteroatoms. The van der Waals surface area contributed by atoms with Crippen molar-refractivity contribution in [3.63, 3.8) is 0 Å². The van der Waals surface area contributed by atoms with Gasteiger partial charge in [0.15, 0.2) is 0 Å². The van der Waals surface area contributed by atoms with Crippen molar-refractivity contribution in [3.05, 3.63) is 8.81 Å². The van der Waals surface area contributed by atoms with E-state index in [1.54, 1.807) is 6.26 Å². The molecule has 1 aromatic rings. The largest absolute Gasteiger partial charge is 0.302 e. The molecular weight excluding hydrogens is 328 g/mol. The predicted molar refractivity (Wildman–Crippen MR) is 67.2 cm³/mol. The Morgan fingerprint density at radius 3 is 3.00 bits per heavy atom. The van der Waals surface area contributed by atoms with Crippen LogP contribution in [0.15, 0.2) is 13.0 Å². The van der Waals surface area contributed by atoms with Gasteiger partial charge in [-0.2, -0.15) is 0 Å². The van der Waals surface area contributed by atoms with Gasteiger partial charge in [0.05, 0.1) is 19.6 Å². The van der Waals surface area contributed by atoms with Gasteiger partial charge >= 0.3 is 0 Å². The number of thiophene rings is 1. The number of fused-ring (bicyclic) bond motifs is 1. The highest BCUT2D eigenvalue weighted by Gasteiger charge is 2.21. The van der Waals surface area contributed by atoms with Crippen molar-refractivity contribution >= 4 is 72.5 Å². The van der Waals surface area contributed by atoms with E-state index in [2.05, 4.69) is 25.6 Å². The molecule has 0 spiro atoms. The first kappa shape index (κ1) is 10.9. The molecule has 2 rings (SSSR count). The summed E-state index contributed by atoms with van der Waals surface area (Å²) in [7, 11) is -1.11. The second kappa shape index (κ2) is 4.13. The number of nitrogens with one attached hydrogen (secondary N) is 1. The van der Waals surface area contributed by atoms with Crippen molar-refractivity contribution in [2.24, 2.45) is 4.99 Å². The Morgan fingerprint density at radius 2 is 2.36 bits per heavy atom. The summed E-state index contributed by atoms with van der Waals surface area (Å²) in [4.78, 5) is 4.20. The standard InChI is InChI=1S/C6H4BrClN2OS3/c1-14(11)6-9-3-2(8)4(7)12-5(3)13-10-6/h1H3,(H,9,10). The number of amidine groups is 1. The summed E-state index contributed by atoms with van der Waals surface area (Å²) >= 11 is 12.2. The first-order valence-electron chi connectivity index (χ1n) is 3.42. The minimum atomic E-state index is -1.11. The zero-order valence-corrected chi connectivity index (χ0v) is 11.6. The van der Waals surface area contributed by atoms with Crippen molar-refractivity contribution in [1.82, 2.24) is 4.72 Å². The van der Waals surface area contributed by atoms with Crippen molar-refractivity contribution in [1.29, 1.82) is 0 Å². The topological polar surface area (TPSA) is 41.5 Å². The second-order valence-corrected chi connectivity index (χ2v) is 7.49. The smallest absolute Gasteiger partial charge is 0.202 e. The highest BCUT2D eigenvalue weighted by Crippen LogP contribution is 2.48. The van der Waals surface area contributed by atoms with Crippen LogP contribution in [0.5, 0.6) is 0 Å². The number of aliphatic imine (C=N–C) groups is 1. The van der Waals surface area contributed by atoms with Crippen LogP contribution < -0.4 is 4.72 Å². The monoisotopic (exact) mass is 330 g/mol. The summed E-state index contributed by atoms with van der Waals surface area (Å²) in [6.07, 6.45) is 1.58. The van der Waals surface area contributed by atoms with Crippen LogP contribution in [0.25, 0.3) is 0 Å². The summed E-state index contributed by atoms with van der Waals surface area (Å²) in [5.41, 5.74) is 0.706. The minimum Gasteiger partial charge on any atom is -0.302 e. The lowest BCUT2D eigenvalue weighted by molar-refractivity contribution is 0.692. The van der Waals surface area contributed by atoms with Gasteiger partial charge in [-0.05, 0) is 27.9 Å². The fourth-order valence-corrected chi connectivity index (χ4v) is 4.64. The summed E-state index contributed by atoms with van der Waals surface area (Å²) in [6, 6.07) is 0. The van der Waals surface area contributed by atoms with Crippen molar-refractivity contribution in [2.75, 3.05) is 6.26 Å². The fourth-order valence-electron chi connectivity index (χ4n) is 0.858. The van der Waals surface area contributed by atoms with E-state index in [0.717, 1.165) is 8.00 Å². The van der Waals surface area contributed by atoms with Gasteiger partial charge in [0, 0.05) is 6.26 Å². The molecule has 14 heavy (non-hydrogen) atoms. The van der Waals surface area contributed by atoms with Gasteiger partial charge in [-0.3, -0.25) is 4.21 Å². The van der Waals surface area contributed by atoms with Crippen LogP contribution in [0.2, 0.25) is 5.02 Å². The molecule has 0 saturated heterocycles. The quantitative estimate of drug-likeness (QED) is 0.743. The lowest BCUT2D eigenvalue weighted by Gasteiger charge is -2.10. The molecular formula is C6H4BrClN2OS3. The lowest BCUT2D eigenvalue weighted by atomic mass is 10.5. The van der Waals surface area contributed by atoms with E-state index >= 15 is 0 Å². The van der Waals surface area contributed by atoms with Crippen LogP contribution in [0.1, 0.15) is 0 Å². The Balaban J connectivity index is 2.52. The third kappa shape index (κ3) is 1.88. The van der Waals surface area contributed by atoms with E-state index in [9.17, 15) is 4.21 Å². The van der Waals surface area contributed by atoms with E-state index in [1.807, 2.05) is 0 Å². The Labute approximate surface area is 105 Å². The van der Waals surface area contributed by atoms with Crippen LogP contribution in [-0.2, 0) is 10.8 Å². The molecule has 76 valence electrons. The molecule has 0 aromatic carbocycles. The van der Waals surface area contributed by atoms with Gasteiger partial charge in [0.2, 0.25) is 5.17 Å². The highest BCUT2D eigenvalue weighted by atomic mass is 79.9. The van der Waals surface area contributed by atoms with Gasteiger partial charge < -0.3 is 4.72 Å². The lowest BCUT2D eigenvalue weighted by Crippen LogP contribution is -2.22. The zero-order chi connectivity index (χ0) is 10.3. The van der Waals surface area contributed by atoms with Crippen LogP contribution >= 0.6 is 50.8 Å². The van der Waals surface area contributed by atoms with Crippen LogP contribution in [-0.4, -0.2) is 15.6 Å². The van der Waals surface area contributed by atoms with E-state index in [1.165, 1.54) is 23.3 Å². The van der Waals surface area contributed by atoms with Crippen molar-refractivity contribution in [2.45, 2.75) is 4.21 Å². The molecule has 1 aliphatic heterocycles. The van der Waals surface area contributed by atoms with Gasteiger partial charge in [0.25, 0.3) is 0 Å². The Morgan fingerprint density at radius 1 is 1.64 bits per heavy atom. The molecule has 1 unspecified atom stereocenters. The SMILES string of the molecule is CS(=O)C1=Nc2c(sc(Br)c2Cl)SN1. The van der Waals surface area contributed by atoms with Gasteiger partial charge in [-0.25, -0.2) is 4.99 Å². The molecule has 0 saturated carbocycles. The molecule has 0 fully saturated rings. The number of rotatable bonds is 0. The summed E-state index contributed by atoms with van der Waals surface area (Å²) < 4.78 is 15.9. The first-order chi connectivity index (χ1) is 6.59. The summed E-state index contributed by atoms with van der Waals surface area (Å²) in [6.45, 7) is 0. The summed E-state index contributed by atoms with van der Waals surface area (Å²) in [5, 5.41) is 1.04. The average molecular weight is 332 g/mol. The average Bonchev–Trinajstić information content (AvgIpc) is 2.43. The van der Waals surface area contributed by atoms with E-state index in [4.69, 9.17) is 11.6 Å². The molecule has 1 aromatic heterocycles. The molecule has 1 atom stereocenters. The molecule has 0 amide bonds. The van der Waals surface area contributed by atoms with E-state index < -0.39 is 10.8 Å². The Kier molecular flexibility index (Phi) is 3.23. The van der Waals surface area contributed by atoms with Crippen molar-refractivity contribution in [3.8, 4) is 0 Å². The minimum absolute atomic E-state index is 0.453. The predicted octanol–water partition coefficient (Wildman–Crippen LogP) is 3.14. The maximum Gasteiger partial charge on any atom is 0.202 e. The highest BCUT2D eigenvalue weighted by molar-refractivity contribution is 9.11. The van der Waals surface area contributed by atoms with E-state index in [-0.39, 0.29) is 0 Å². The summed E-state index contributed by atoms with van der Waals surface area (Å²) in [5.74, 6) is 0. The molecule has 2 heterocycles. The molecule has 1 N–H and O–H groups in total. The van der Waals surface area contributed by atoms with Gasteiger partial charge in [0.1, 0.15) is 9.90 Å². The second-order valence-electron chi connectivity index (χ2n) is 2.40. The molecule has 0 aliphatic carbocycles. The molecule has 1 aliphatic rings. The third-order valence-electron chi connectivity index (χ3n) is 1.47. The Bertz CT molecular complexity index is 445. The molecule has 3 nitrogen and oxygen atoms in total. The van der Waals surface area contributed by atoms with E-state index in [0.29, 0.717) is 15.9 Å². The number of hydrogen-bond acceptors (Lipinski definition) is 5. The van der Waals surface area contributed by atoms with Crippen LogP contribution in [0.4, 0.5) is 5.69 Å².